The molecule has 39 heavy (non-hydrogen) atoms. The predicted octanol–water partition coefficient (Wildman–Crippen LogP) is 4.87. The van der Waals surface area contributed by atoms with Crippen LogP contribution in [0.4, 0.5) is 4.79 Å². The molecule has 3 aromatic rings. The molecule has 1 aliphatic heterocycles. The van der Waals surface area contributed by atoms with E-state index >= 15 is 0 Å². The molecule has 0 aromatic heterocycles. The summed E-state index contributed by atoms with van der Waals surface area (Å²) >= 11 is 0. The zero-order valence-electron chi connectivity index (χ0n) is 22.1. The third-order valence-electron chi connectivity index (χ3n) is 7.64. The van der Waals surface area contributed by atoms with Gasteiger partial charge in [-0.3, -0.25) is 4.90 Å². The lowest BCUT2D eigenvalue weighted by molar-refractivity contribution is -0.185. The molecule has 0 bridgehead atoms. The Morgan fingerprint density at radius 2 is 1.64 bits per heavy atom. The van der Waals surface area contributed by atoms with Crippen molar-refractivity contribution in [2.24, 2.45) is 0 Å². The second kappa shape index (κ2) is 12.1. The molecule has 1 aliphatic carbocycles. The second-order valence-corrected chi connectivity index (χ2v) is 10.2. The fraction of sp³-hybridized carbons (Fsp3) is 0.344. The first-order chi connectivity index (χ1) is 19.0. The van der Waals surface area contributed by atoms with Gasteiger partial charge in [-0.15, -0.1) is 0 Å². The van der Waals surface area contributed by atoms with E-state index in [9.17, 15) is 15.0 Å². The van der Waals surface area contributed by atoms with Crippen molar-refractivity contribution >= 4 is 6.09 Å². The van der Waals surface area contributed by atoms with E-state index in [1.807, 2.05) is 60.7 Å². The molecule has 7 nitrogen and oxygen atoms in total. The van der Waals surface area contributed by atoms with Crippen LogP contribution in [0.25, 0.3) is 11.1 Å². The van der Waals surface area contributed by atoms with Gasteiger partial charge in [-0.05, 0) is 41.2 Å². The molecule has 3 atom stereocenters. The lowest BCUT2D eigenvalue weighted by Gasteiger charge is -2.43. The number of amides is 1. The number of ether oxygens (including phenoxy) is 3. The van der Waals surface area contributed by atoms with Crippen LogP contribution < -0.4 is 0 Å². The Bertz CT molecular complexity index is 1250. The van der Waals surface area contributed by atoms with Gasteiger partial charge in [0, 0.05) is 12.5 Å². The van der Waals surface area contributed by atoms with E-state index in [2.05, 4.69) is 24.3 Å². The summed E-state index contributed by atoms with van der Waals surface area (Å²) in [6.45, 7) is 1.93. The van der Waals surface area contributed by atoms with Gasteiger partial charge in [-0.2, -0.15) is 0 Å². The first-order valence-electron chi connectivity index (χ1n) is 13.4. The molecule has 0 spiro atoms. The quantitative estimate of drug-likeness (QED) is 0.221. The molecule has 0 fully saturated rings. The number of aliphatic hydroxyl groups is 2. The van der Waals surface area contributed by atoms with Gasteiger partial charge < -0.3 is 24.4 Å². The fourth-order valence-electron chi connectivity index (χ4n) is 5.53. The summed E-state index contributed by atoms with van der Waals surface area (Å²) in [5, 5.41) is 21.6. The van der Waals surface area contributed by atoms with Crippen LogP contribution in [0.15, 0.2) is 91.0 Å². The minimum absolute atomic E-state index is 0.0593. The van der Waals surface area contributed by atoms with Crippen LogP contribution in [-0.4, -0.2) is 65.5 Å². The van der Waals surface area contributed by atoms with Gasteiger partial charge in [0.05, 0.1) is 19.3 Å². The molecule has 0 saturated heterocycles. The third-order valence-corrected chi connectivity index (χ3v) is 7.64. The van der Waals surface area contributed by atoms with Crippen LogP contribution in [0.3, 0.4) is 0 Å². The highest BCUT2D eigenvalue weighted by Gasteiger charge is 2.45. The maximum atomic E-state index is 13.4. The number of carbonyl (C=O) groups is 1. The second-order valence-electron chi connectivity index (χ2n) is 10.2. The van der Waals surface area contributed by atoms with Crippen molar-refractivity contribution < 1.29 is 29.2 Å². The van der Waals surface area contributed by atoms with Crippen molar-refractivity contribution in [1.29, 1.82) is 0 Å². The van der Waals surface area contributed by atoms with Gasteiger partial charge in [0.1, 0.15) is 25.1 Å². The third kappa shape index (κ3) is 5.77. The van der Waals surface area contributed by atoms with E-state index < -0.39 is 30.4 Å². The van der Waals surface area contributed by atoms with E-state index in [-0.39, 0.29) is 19.3 Å². The largest absolute Gasteiger partial charge is 0.448 e. The van der Waals surface area contributed by atoms with Crippen molar-refractivity contribution in [1.82, 2.24) is 4.90 Å². The van der Waals surface area contributed by atoms with Crippen molar-refractivity contribution in [3.8, 4) is 11.1 Å². The maximum absolute atomic E-state index is 13.4. The van der Waals surface area contributed by atoms with Crippen LogP contribution in [-0.2, 0) is 20.8 Å². The number of rotatable bonds is 10. The van der Waals surface area contributed by atoms with Crippen LogP contribution in [0, 0.1) is 0 Å². The highest BCUT2D eigenvalue weighted by Crippen LogP contribution is 2.44. The lowest BCUT2D eigenvalue weighted by atomic mass is 9.87. The molecule has 204 valence electrons. The molecular formula is C32H35NO6. The van der Waals surface area contributed by atoms with Crippen molar-refractivity contribution in [3.05, 3.63) is 108 Å². The topological polar surface area (TPSA) is 88.5 Å². The first kappa shape index (κ1) is 27.1. The summed E-state index contributed by atoms with van der Waals surface area (Å²) in [6, 6.07) is 25.3. The van der Waals surface area contributed by atoms with Crippen LogP contribution in [0.2, 0.25) is 0 Å². The van der Waals surface area contributed by atoms with Gasteiger partial charge >= 0.3 is 6.09 Å². The van der Waals surface area contributed by atoms with Gasteiger partial charge in [0.15, 0.2) is 0 Å². The van der Waals surface area contributed by atoms with E-state index in [4.69, 9.17) is 14.2 Å². The minimum Gasteiger partial charge on any atom is -0.448 e. The number of benzene rings is 3. The SMILES string of the molecule is C[C@@](O)([C@H](CO)OCOCc1ccccc1)[C@H]1C=CCCN1C(=O)OCC1c2ccccc2-c2ccccc21. The van der Waals surface area contributed by atoms with Crippen molar-refractivity contribution in [2.45, 2.75) is 43.6 Å². The molecule has 7 heteroatoms. The number of fused-ring (bicyclic) bond motifs is 3. The molecule has 0 unspecified atom stereocenters. The number of carbonyl (C=O) groups excluding carboxylic acids is 1. The Labute approximate surface area is 229 Å². The average Bonchev–Trinajstić information content (AvgIpc) is 3.30. The predicted molar refractivity (Wildman–Crippen MR) is 148 cm³/mol. The summed E-state index contributed by atoms with van der Waals surface area (Å²) in [5.41, 5.74) is 4.00. The monoisotopic (exact) mass is 529 g/mol. The smallest absolute Gasteiger partial charge is 0.410 e. The van der Waals surface area contributed by atoms with Crippen molar-refractivity contribution in [2.75, 3.05) is 26.6 Å². The Morgan fingerprint density at radius 3 is 2.31 bits per heavy atom. The summed E-state index contributed by atoms with van der Waals surface area (Å²) in [5.74, 6) is -0.0593. The molecule has 3 aromatic carbocycles. The Hall–Kier alpha value is -3.49. The minimum atomic E-state index is -1.59. The molecule has 2 aliphatic rings. The summed E-state index contributed by atoms with van der Waals surface area (Å²) in [4.78, 5) is 14.9. The van der Waals surface area contributed by atoms with Gasteiger partial charge in [0.2, 0.25) is 0 Å². The van der Waals surface area contributed by atoms with Gasteiger partial charge in [-0.25, -0.2) is 4.79 Å². The maximum Gasteiger partial charge on any atom is 0.410 e. The molecule has 1 amide bonds. The first-order valence-corrected chi connectivity index (χ1v) is 13.4. The standard InChI is InChI=1S/C32H35NO6/c1-32(36,30(19-34)39-22-37-20-23-11-3-2-4-12-23)29-17-9-10-18-33(29)31(35)38-21-28-26-15-7-5-13-24(26)25-14-6-8-16-27(25)28/h2-9,11-17,28-30,34,36H,10,18-22H2,1H3/t29-,30+,32+/m1/s1. The Kier molecular flexibility index (Phi) is 8.43. The molecule has 0 saturated carbocycles. The Balaban J connectivity index is 1.23. The number of aliphatic hydroxyl groups excluding tert-OH is 1. The molecule has 0 radical (unpaired) electrons. The normalized spacial score (nSPS) is 18.7. The van der Waals surface area contributed by atoms with E-state index in [0.29, 0.717) is 19.6 Å². The van der Waals surface area contributed by atoms with E-state index in [0.717, 1.165) is 27.8 Å². The highest BCUT2D eigenvalue weighted by atomic mass is 16.7. The number of hydrogen-bond donors (Lipinski definition) is 2. The molecular weight excluding hydrogens is 494 g/mol. The summed E-state index contributed by atoms with van der Waals surface area (Å²) < 4.78 is 17.2. The van der Waals surface area contributed by atoms with E-state index in [1.165, 1.54) is 4.90 Å². The Morgan fingerprint density at radius 1 is 1.00 bits per heavy atom. The zero-order chi connectivity index (χ0) is 27.2. The fourth-order valence-corrected chi connectivity index (χ4v) is 5.53. The van der Waals surface area contributed by atoms with Crippen molar-refractivity contribution in [3.63, 3.8) is 0 Å². The molecule has 1 heterocycles. The molecule has 2 N–H and O–H groups in total. The van der Waals surface area contributed by atoms with Crippen LogP contribution in [0.5, 0.6) is 0 Å². The number of hydrogen-bond acceptors (Lipinski definition) is 6. The van der Waals surface area contributed by atoms with Crippen LogP contribution >= 0.6 is 0 Å². The summed E-state index contributed by atoms with van der Waals surface area (Å²) in [7, 11) is 0. The molecule has 5 rings (SSSR count). The van der Waals surface area contributed by atoms with Gasteiger partial charge in [-0.1, -0.05) is 91.0 Å². The van der Waals surface area contributed by atoms with Crippen LogP contribution in [0.1, 0.15) is 36.0 Å². The highest BCUT2D eigenvalue weighted by molar-refractivity contribution is 5.79. The van der Waals surface area contributed by atoms with E-state index in [1.54, 1.807) is 13.0 Å². The summed E-state index contributed by atoms with van der Waals surface area (Å²) in [6.07, 6.45) is 2.85. The van der Waals surface area contributed by atoms with Gasteiger partial charge in [0.25, 0.3) is 0 Å². The lowest BCUT2D eigenvalue weighted by Crippen LogP contribution is -2.60. The number of nitrogens with zero attached hydrogens (tertiary/aromatic N) is 1. The average molecular weight is 530 g/mol. The zero-order valence-corrected chi connectivity index (χ0v) is 22.1.